The largest absolute Gasteiger partial charge is 0.469 e. The van der Waals surface area contributed by atoms with E-state index in [2.05, 4.69) is 0 Å². The zero-order valence-corrected chi connectivity index (χ0v) is 17.8. The third-order valence-electron chi connectivity index (χ3n) is 4.39. The van der Waals surface area contributed by atoms with E-state index in [1.807, 2.05) is 19.6 Å². The molecule has 1 aliphatic heterocycles. The number of fused-ring (bicyclic) bond motifs is 1. The van der Waals surface area contributed by atoms with Crippen LogP contribution in [0.15, 0.2) is 35.5 Å². The van der Waals surface area contributed by atoms with Gasteiger partial charge in [0.2, 0.25) is 0 Å². The van der Waals surface area contributed by atoms with Gasteiger partial charge in [-0.1, -0.05) is 37.5 Å². The van der Waals surface area contributed by atoms with Crippen molar-refractivity contribution in [2.45, 2.75) is 26.1 Å². The maximum Gasteiger partial charge on any atom is 0.333 e. The van der Waals surface area contributed by atoms with Crippen LogP contribution in [0.5, 0.6) is 0 Å². The Balaban J connectivity index is 2.30. The first-order valence-corrected chi connectivity index (χ1v) is 12.5. The molecular formula is C20H25NO6Si. The molecule has 1 atom stereocenters. The quantitative estimate of drug-likeness (QED) is 0.301. The molecule has 0 saturated heterocycles. The molecule has 0 aromatic heterocycles. The van der Waals surface area contributed by atoms with Crippen LogP contribution in [0.4, 0.5) is 0 Å². The van der Waals surface area contributed by atoms with Gasteiger partial charge in [-0.05, 0) is 18.6 Å². The minimum absolute atomic E-state index is 0.00779. The van der Waals surface area contributed by atoms with Crippen LogP contribution >= 0.6 is 0 Å². The maximum atomic E-state index is 12.5. The molecule has 0 aliphatic carbocycles. The van der Waals surface area contributed by atoms with E-state index in [1.54, 1.807) is 30.0 Å². The van der Waals surface area contributed by atoms with Crippen LogP contribution in [0.2, 0.25) is 19.6 Å². The fraction of sp³-hybridized carbons (Fsp3) is 0.400. The highest BCUT2D eigenvalue weighted by Gasteiger charge is 2.37. The standard InChI is InChI=1S/C20H25NO6Si/c1-26-19(24)15(16(20(25)27-2)12-28(3,4)5)10-11-21-17(22)13-8-6-7-9-14(13)18(21)23/h6-9,12,15H,10-11H2,1-5H3/b16-12-. The lowest BCUT2D eigenvalue weighted by Gasteiger charge is -2.22. The lowest BCUT2D eigenvalue weighted by molar-refractivity contribution is -0.147. The zero-order valence-electron chi connectivity index (χ0n) is 16.8. The molecule has 1 aliphatic rings. The summed E-state index contributed by atoms with van der Waals surface area (Å²) in [4.78, 5) is 50.9. The number of carbonyl (C=O) groups excluding carboxylic acids is 4. The number of hydrogen-bond acceptors (Lipinski definition) is 6. The monoisotopic (exact) mass is 403 g/mol. The lowest BCUT2D eigenvalue weighted by atomic mass is 9.96. The van der Waals surface area contributed by atoms with Crippen molar-refractivity contribution >= 4 is 31.8 Å². The van der Waals surface area contributed by atoms with Crippen molar-refractivity contribution in [1.29, 1.82) is 0 Å². The van der Waals surface area contributed by atoms with Crippen LogP contribution in [-0.2, 0) is 19.1 Å². The molecular weight excluding hydrogens is 378 g/mol. The Morgan fingerprint density at radius 3 is 2.00 bits per heavy atom. The van der Waals surface area contributed by atoms with E-state index in [0.29, 0.717) is 11.1 Å². The maximum absolute atomic E-state index is 12.5. The minimum Gasteiger partial charge on any atom is -0.469 e. The molecule has 2 amide bonds. The van der Waals surface area contributed by atoms with Gasteiger partial charge in [-0.15, -0.1) is 0 Å². The van der Waals surface area contributed by atoms with Crippen LogP contribution < -0.4 is 0 Å². The second kappa shape index (κ2) is 8.51. The second-order valence-electron chi connectivity index (χ2n) is 7.63. The predicted octanol–water partition coefficient (Wildman–Crippen LogP) is 2.44. The summed E-state index contributed by atoms with van der Waals surface area (Å²) in [7, 11) is 0.608. The van der Waals surface area contributed by atoms with Gasteiger partial charge in [0.15, 0.2) is 0 Å². The normalized spacial score (nSPS) is 15.3. The van der Waals surface area contributed by atoms with E-state index in [-0.39, 0.29) is 18.5 Å². The molecule has 2 rings (SSSR count). The fourth-order valence-electron chi connectivity index (χ4n) is 3.13. The number of ether oxygens (including phenoxy) is 2. The predicted molar refractivity (Wildman–Crippen MR) is 105 cm³/mol. The summed E-state index contributed by atoms with van der Waals surface area (Å²) in [6.07, 6.45) is 0.0730. The van der Waals surface area contributed by atoms with Crippen LogP contribution in [0.25, 0.3) is 0 Å². The summed E-state index contributed by atoms with van der Waals surface area (Å²) in [6, 6.07) is 6.57. The van der Waals surface area contributed by atoms with Crippen molar-refractivity contribution in [3.8, 4) is 0 Å². The molecule has 0 radical (unpaired) electrons. The number of nitrogens with zero attached hydrogens (tertiary/aromatic N) is 1. The summed E-state index contributed by atoms with van der Waals surface area (Å²) < 4.78 is 9.73. The number of hydrogen-bond donors (Lipinski definition) is 0. The molecule has 1 heterocycles. The van der Waals surface area contributed by atoms with Crippen molar-refractivity contribution < 1.29 is 28.7 Å². The van der Waals surface area contributed by atoms with Gasteiger partial charge in [-0.3, -0.25) is 19.3 Å². The Bertz CT molecular complexity index is 804. The van der Waals surface area contributed by atoms with Crippen molar-refractivity contribution in [2.24, 2.45) is 5.92 Å². The SMILES string of the molecule is COC(=O)/C(=C\[Si](C)(C)C)C(CCN1C(=O)c2ccccc2C1=O)C(=O)OC. The highest BCUT2D eigenvalue weighted by molar-refractivity contribution is 6.81. The fourth-order valence-corrected chi connectivity index (χ4v) is 4.38. The number of imide groups is 1. The summed E-state index contributed by atoms with van der Waals surface area (Å²) >= 11 is 0. The topological polar surface area (TPSA) is 90.0 Å². The van der Waals surface area contributed by atoms with Gasteiger partial charge >= 0.3 is 11.9 Å². The average Bonchev–Trinajstić information content (AvgIpc) is 2.90. The van der Waals surface area contributed by atoms with Gasteiger partial charge in [0.1, 0.15) is 0 Å². The van der Waals surface area contributed by atoms with Crippen LogP contribution in [0, 0.1) is 5.92 Å². The molecule has 28 heavy (non-hydrogen) atoms. The number of esters is 2. The van der Waals surface area contributed by atoms with Crippen LogP contribution in [-0.4, -0.2) is 57.5 Å². The Morgan fingerprint density at radius 2 is 1.57 bits per heavy atom. The minimum atomic E-state index is -1.88. The van der Waals surface area contributed by atoms with E-state index >= 15 is 0 Å². The molecule has 0 N–H and O–H groups in total. The second-order valence-corrected chi connectivity index (χ2v) is 12.6. The molecule has 0 fully saturated rings. The van der Waals surface area contributed by atoms with Gasteiger partial charge in [0, 0.05) is 12.1 Å². The van der Waals surface area contributed by atoms with E-state index in [0.717, 1.165) is 4.90 Å². The van der Waals surface area contributed by atoms with Gasteiger partial charge in [0.05, 0.1) is 39.3 Å². The van der Waals surface area contributed by atoms with Crippen molar-refractivity contribution in [2.75, 3.05) is 20.8 Å². The average molecular weight is 404 g/mol. The lowest BCUT2D eigenvalue weighted by Crippen LogP contribution is -2.35. The molecule has 1 aromatic rings. The van der Waals surface area contributed by atoms with E-state index < -0.39 is 37.7 Å². The van der Waals surface area contributed by atoms with E-state index in [9.17, 15) is 19.2 Å². The highest BCUT2D eigenvalue weighted by atomic mass is 28.3. The van der Waals surface area contributed by atoms with Gasteiger partial charge in [0.25, 0.3) is 11.8 Å². The Morgan fingerprint density at radius 1 is 1.04 bits per heavy atom. The summed E-state index contributed by atoms with van der Waals surface area (Å²) in [5.41, 5.74) is 2.69. The Labute approximate surface area is 165 Å². The van der Waals surface area contributed by atoms with Gasteiger partial charge in [-0.2, -0.15) is 0 Å². The molecule has 8 heteroatoms. The number of rotatable bonds is 7. The Kier molecular flexibility index (Phi) is 6.55. The molecule has 150 valence electrons. The molecule has 0 spiro atoms. The summed E-state index contributed by atoms with van der Waals surface area (Å²) in [5, 5.41) is 0. The molecule has 0 saturated carbocycles. The van der Waals surface area contributed by atoms with Gasteiger partial charge in [-0.25, -0.2) is 4.79 Å². The first-order valence-electron chi connectivity index (χ1n) is 8.94. The number of carbonyl (C=O) groups is 4. The van der Waals surface area contributed by atoms with Crippen LogP contribution in [0.3, 0.4) is 0 Å². The Hall–Kier alpha value is -2.74. The van der Waals surface area contributed by atoms with Crippen molar-refractivity contribution in [1.82, 2.24) is 4.90 Å². The molecule has 1 aromatic carbocycles. The number of benzene rings is 1. The first-order chi connectivity index (χ1) is 13.1. The van der Waals surface area contributed by atoms with Crippen LogP contribution in [0.1, 0.15) is 27.1 Å². The first kappa shape index (κ1) is 21.6. The van der Waals surface area contributed by atoms with Crippen molar-refractivity contribution in [3.63, 3.8) is 0 Å². The highest BCUT2D eigenvalue weighted by Crippen LogP contribution is 2.26. The summed E-state index contributed by atoms with van der Waals surface area (Å²) in [5.74, 6) is -2.95. The van der Waals surface area contributed by atoms with Crippen molar-refractivity contribution in [3.05, 3.63) is 46.7 Å². The van der Waals surface area contributed by atoms with Gasteiger partial charge < -0.3 is 9.47 Å². The van der Waals surface area contributed by atoms with E-state index in [1.165, 1.54) is 14.2 Å². The third kappa shape index (κ3) is 4.56. The molecule has 0 bridgehead atoms. The smallest absolute Gasteiger partial charge is 0.333 e. The molecule has 1 unspecified atom stereocenters. The number of methoxy groups -OCH3 is 2. The van der Waals surface area contributed by atoms with E-state index in [4.69, 9.17) is 9.47 Å². The third-order valence-corrected chi connectivity index (χ3v) is 5.57. The molecule has 7 nitrogen and oxygen atoms in total. The zero-order chi connectivity index (χ0) is 21.1. The summed E-state index contributed by atoms with van der Waals surface area (Å²) in [6.45, 7) is 6.06. The number of amides is 2.